The van der Waals surface area contributed by atoms with Crippen molar-refractivity contribution in [3.63, 3.8) is 0 Å². The summed E-state index contributed by atoms with van der Waals surface area (Å²) < 4.78 is 64.6. The highest BCUT2D eigenvalue weighted by Crippen LogP contribution is 2.22. The van der Waals surface area contributed by atoms with Gasteiger partial charge in [0, 0.05) is 6.54 Å². The van der Waals surface area contributed by atoms with Crippen molar-refractivity contribution in [3.8, 4) is 5.75 Å². The van der Waals surface area contributed by atoms with E-state index in [4.69, 9.17) is 0 Å². The minimum Gasteiger partial charge on any atom is -0.406 e. The van der Waals surface area contributed by atoms with Crippen LogP contribution in [0.3, 0.4) is 0 Å². The molecule has 1 rings (SSSR count). The third kappa shape index (κ3) is 6.44. The van der Waals surface area contributed by atoms with Crippen LogP contribution in [-0.2, 0) is 16.6 Å². The van der Waals surface area contributed by atoms with Crippen molar-refractivity contribution in [3.05, 3.63) is 29.8 Å². The molecule has 0 aliphatic rings. The summed E-state index contributed by atoms with van der Waals surface area (Å²) in [6.45, 7) is 1.77. The number of hydrogen-bond acceptors (Lipinski definition) is 3. The van der Waals surface area contributed by atoms with Gasteiger partial charge in [-0.15, -0.1) is 13.2 Å². The van der Waals surface area contributed by atoms with Gasteiger partial charge in [-0.25, -0.2) is 13.1 Å². The van der Waals surface area contributed by atoms with Crippen LogP contribution in [0.25, 0.3) is 0 Å². The predicted octanol–water partition coefficient (Wildman–Crippen LogP) is 2.41. The molecular weight excluding hydrogens is 283 g/mol. The lowest BCUT2D eigenvalue weighted by Gasteiger charge is -2.09. The van der Waals surface area contributed by atoms with Gasteiger partial charge < -0.3 is 4.74 Å². The Labute approximate surface area is 109 Å². The number of hydrogen-bond donors (Lipinski definition) is 1. The number of benzene rings is 1. The maximum atomic E-state index is 11.9. The smallest absolute Gasteiger partial charge is 0.406 e. The number of halogens is 3. The Hall–Kier alpha value is -1.28. The Bertz CT molecular complexity index is 497. The number of alkyl halides is 3. The van der Waals surface area contributed by atoms with Crippen LogP contribution >= 0.6 is 0 Å². The average molecular weight is 297 g/mol. The maximum Gasteiger partial charge on any atom is 0.573 e. The van der Waals surface area contributed by atoms with E-state index < -0.39 is 16.4 Å². The Kier molecular flexibility index (Phi) is 5.19. The normalized spacial score (nSPS) is 12.4. The van der Waals surface area contributed by atoms with Crippen molar-refractivity contribution in [2.75, 3.05) is 5.75 Å². The second-order valence-electron chi connectivity index (χ2n) is 3.83. The van der Waals surface area contributed by atoms with E-state index in [0.717, 1.165) is 12.1 Å². The van der Waals surface area contributed by atoms with Crippen molar-refractivity contribution in [2.24, 2.45) is 0 Å². The summed E-state index contributed by atoms with van der Waals surface area (Å²) in [5.74, 6) is -0.324. The fourth-order valence-electron chi connectivity index (χ4n) is 1.34. The molecule has 0 atom stereocenters. The van der Waals surface area contributed by atoms with E-state index in [0.29, 0.717) is 12.0 Å². The zero-order valence-corrected chi connectivity index (χ0v) is 11.0. The average Bonchev–Trinajstić information content (AvgIpc) is 2.26. The van der Waals surface area contributed by atoms with Crippen molar-refractivity contribution >= 4 is 10.0 Å². The van der Waals surface area contributed by atoms with Gasteiger partial charge in [-0.1, -0.05) is 19.1 Å². The Morgan fingerprint density at radius 2 is 1.79 bits per heavy atom. The fourth-order valence-corrected chi connectivity index (χ4v) is 2.41. The van der Waals surface area contributed by atoms with Crippen LogP contribution in [0.5, 0.6) is 5.75 Å². The fraction of sp³-hybridized carbons (Fsp3) is 0.455. The van der Waals surface area contributed by atoms with Crippen LogP contribution in [-0.4, -0.2) is 20.5 Å². The van der Waals surface area contributed by atoms with Crippen LogP contribution in [0.2, 0.25) is 0 Å². The van der Waals surface area contributed by atoms with Gasteiger partial charge in [0.1, 0.15) is 5.75 Å². The molecule has 0 fully saturated rings. The summed E-state index contributed by atoms with van der Waals surface area (Å²) in [6, 6.07) is 5.01. The molecule has 0 heterocycles. The summed E-state index contributed by atoms with van der Waals surface area (Å²) in [7, 11) is -3.33. The first kappa shape index (κ1) is 15.8. The second-order valence-corrected chi connectivity index (χ2v) is 5.76. The third-order valence-electron chi connectivity index (χ3n) is 2.13. The van der Waals surface area contributed by atoms with E-state index in [1.807, 2.05) is 0 Å². The Morgan fingerprint density at radius 1 is 1.21 bits per heavy atom. The quantitative estimate of drug-likeness (QED) is 0.877. The van der Waals surface area contributed by atoms with E-state index >= 15 is 0 Å². The van der Waals surface area contributed by atoms with E-state index in [1.54, 1.807) is 6.92 Å². The summed E-state index contributed by atoms with van der Waals surface area (Å²) in [5, 5.41) is 0. The van der Waals surface area contributed by atoms with E-state index in [2.05, 4.69) is 9.46 Å². The van der Waals surface area contributed by atoms with Crippen LogP contribution in [0.15, 0.2) is 24.3 Å². The summed E-state index contributed by atoms with van der Waals surface area (Å²) in [4.78, 5) is 0. The number of nitrogens with one attached hydrogen (secondary N) is 1. The zero-order chi connectivity index (χ0) is 14.5. The van der Waals surface area contributed by atoms with Crippen LogP contribution in [0.1, 0.15) is 18.9 Å². The maximum absolute atomic E-state index is 11.9. The van der Waals surface area contributed by atoms with Gasteiger partial charge in [0.2, 0.25) is 10.0 Å². The predicted molar refractivity (Wildman–Crippen MR) is 64.0 cm³/mol. The molecule has 108 valence electrons. The lowest BCUT2D eigenvalue weighted by atomic mass is 10.2. The van der Waals surface area contributed by atoms with Gasteiger partial charge in [-0.2, -0.15) is 0 Å². The monoisotopic (exact) mass is 297 g/mol. The van der Waals surface area contributed by atoms with E-state index in [9.17, 15) is 21.6 Å². The van der Waals surface area contributed by atoms with Gasteiger partial charge in [0.25, 0.3) is 0 Å². The number of ether oxygens (including phenoxy) is 1. The van der Waals surface area contributed by atoms with Gasteiger partial charge in [-0.05, 0) is 24.1 Å². The topological polar surface area (TPSA) is 55.4 Å². The van der Waals surface area contributed by atoms with E-state index in [-0.39, 0.29) is 18.0 Å². The van der Waals surface area contributed by atoms with Gasteiger partial charge in [0.05, 0.1) is 5.75 Å². The zero-order valence-electron chi connectivity index (χ0n) is 10.2. The summed E-state index contributed by atoms with van der Waals surface area (Å²) >= 11 is 0. The number of rotatable bonds is 6. The molecular formula is C11H14F3NO3S. The largest absolute Gasteiger partial charge is 0.573 e. The first-order valence-corrected chi connectivity index (χ1v) is 7.19. The third-order valence-corrected chi connectivity index (χ3v) is 3.66. The summed E-state index contributed by atoms with van der Waals surface area (Å²) in [6.07, 6.45) is -4.24. The molecule has 1 aromatic carbocycles. The van der Waals surface area contributed by atoms with Crippen LogP contribution in [0, 0.1) is 0 Å². The molecule has 1 N–H and O–H groups in total. The van der Waals surface area contributed by atoms with Crippen LogP contribution in [0.4, 0.5) is 13.2 Å². The molecule has 0 aliphatic carbocycles. The molecule has 0 saturated heterocycles. The molecule has 0 radical (unpaired) electrons. The second kappa shape index (κ2) is 6.25. The number of sulfonamides is 1. The molecule has 0 aromatic heterocycles. The van der Waals surface area contributed by atoms with Crippen molar-refractivity contribution in [2.45, 2.75) is 26.3 Å². The Balaban J connectivity index is 2.58. The summed E-state index contributed by atoms with van der Waals surface area (Å²) in [5.41, 5.74) is 0.550. The van der Waals surface area contributed by atoms with Crippen molar-refractivity contribution in [1.29, 1.82) is 0 Å². The van der Waals surface area contributed by atoms with Crippen LogP contribution < -0.4 is 9.46 Å². The molecule has 0 saturated carbocycles. The molecule has 0 aliphatic heterocycles. The Morgan fingerprint density at radius 3 is 2.26 bits per heavy atom. The minimum absolute atomic E-state index is 0.0161. The highest BCUT2D eigenvalue weighted by Gasteiger charge is 2.30. The molecule has 1 aromatic rings. The molecule has 0 amide bonds. The van der Waals surface area contributed by atoms with Crippen molar-refractivity contribution in [1.82, 2.24) is 4.72 Å². The first-order chi connectivity index (χ1) is 8.72. The van der Waals surface area contributed by atoms with Crippen molar-refractivity contribution < 1.29 is 26.3 Å². The molecule has 0 bridgehead atoms. The molecule has 0 spiro atoms. The molecule has 19 heavy (non-hydrogen) atoms. The SMILES string of the molecule is CCCS(=O)(=O)NCc1ccc(OC(F)(F)F)cc1. The lowest BCUT2D eigenvalue weighted by molar-refractivity contribution is -0.274. The standard InChI is InChI=1S/C11H14F3NO3S/c1-2-7-19(16,17)15-8-9-3-5-10(6-4-9)18-11(12,13)14/h3-6,15H,2,7-8H2,1H3. The molecule has 8 heteroatoms. The first-order valence-electron chi connectivity index (χ1n) is 5.54. The van der Waals surface area contributed by atoms with Gasteiger partial charge in [-0.3, -0.25) is 0 Å². The highest BCUT2D eigenvalue weighted by molar-refractivity contribution is 7.89. The highest BCUT2D eigenvalue weighted by atomic mass is 32.2. The molecule has 4 nitrogen and oxygen atoms in total. The minimum atomic E-state index is -4.73. The lowest BCUT2D eigenvalue weighted by Crippen LogP contribution is -2.25. The molecule has 0 unspecified atom stereocenters. The van der Waals surface area contributed by atoms with Gasteiger partial charge in [0.15, 0.2) is 0 Å². The van der Waals surface area contributed by atoms with Gasteiger partial charge >= 0.3 is 6.36 Å². The van der Waals surface area contributed by atoms with E-state index in [1.165, 1.54) is 12.1 Å².